The number of aromatic nitrogens is 3. The Kier molecular flexibility index (Phi) is 4.98. The zero-order valence-electron chi connectivity index (χ0n) is 5.30. The summed E-state index contributed by atoms with van der Waals surface area (Å²) >= 11 is 5.33. The number of halogens is 1. The van der Waals surface area contributed by atoms with Crippen molar-refractivity contribution >= 4 is 24.4 Å². The second-order valence-corrected chi connectivity index (χ2v) is 1.55. The van der Waals surface area contributed by atoms with Crippen LogP contribution in [0.1, 0.15) is 0 Å². The summed E-state index contributed by atoms with van der Waals surface area (Å²) in [6, 6.07) is 0. The van der Waals surface area contributed by atoms with Crippen molar-refractivity contribution in [3.05, 3.63) is 11.6 Å². The van der Waals surface area contributed by atoms with Crippen LogP contribution < -0.4 is 35.3 Å². The van der Waals surface area contributed by atoms with Gasteiger partial charge in [0.1, 0.15) is 0 Å². The molecule has 0 unspecified atom stereocenters. The van der Waals surface area contributed by atoms with Crippen LogP contribution in [0.3, 0.4) is 0 Å². The third kappa shape index (κ3) is 2.83. The largest absolute Gasteiger partial charge is 1.00 e. The molecule has 0 aliphatic heterocycles. The summed E-state index contributed by atoms with van der Waals surface area (Å²) in [7, 11) is 0.976. The summed E-state index contributed by atoms with van der Waals surface area (Å²) in [6.45, 7) is 0. The molecule has 10 heavy (non-hydrogen) atoms. The Morgan fingerprint density at radius 3 is 2.60 bits per heavy atom. The fourth-order valence-electron chi connectivity index (χ4n) is 0.327. The van der Waals surface area contributed by atoms with Crippen molar-refractivity contribution in [3.63, 3.8) is 0 Å². The van der Waals surface area contributed by atoms with E-state index >= 15 is 0 Å². The van der Waals surface area contributed by atoms with E-state index in [1.807, 2.05) is 0 Å². The normalized spacial score (nSPS) is 7.70. The minimum Gasteiger partial charge on any atom is 1.00 e. The Hall–Kier alpha value is 0.165. The van der Waals surface area contributed by atoms with E-state index in [0.717, 1.165) is 7.07 Å². The molecule has 4 nitrogen and oxygen atoms in total. The summed E-state index contributed by atoms with van der Waals surface area (Å²) in [4.78, 5) is 10.4. The first-order valence-corrected chi connectivity index (χ1v) is 2.49. The van der Waals surface area contributed by atoms with Crippen molar-refractivity contribution in [1.29, 1.82) is 5.31 Å². The van der Waals surface area contributed by atoms with Gasteiger partial charge in [-0.25, -0.2) is 0 Å². The molecule has 1 N–H and O–H groups in total. The van der Waals surface area contributed by atoms with Gasteiger partial charge in [-0.2, -0.15) is 0 Å². The first-order chi connectivity index (χ1) is 4.33. The molecule has 0 saturated carbocycles. The monoisotopic (exact) mass is 162 g/mol. The van der Waals surface area contributed by atoms with E-state index in [-0.39, 0.29) is 40.6 Å². The van der Waals surface area contributed by atoms with Gasteiger partial charge in [0.15, 0.2) is 0 Å². The number of nitrogens with zero attached hydrogens (tertiary/aromatic N) is 3. The zero-order valence-corrected chi connectivity index (χ0v) is 8.05. The third-order valence-corrected chi connectivity index (χ3v) is 0.812. The van der Waals surface area contributed by atoms with E-state index in [9.17, 15) is 0 Å². The molecule has 0 spiro atoms. The van der Waals surface area contributed by atoms with Gasteiger partial charge in [-0.05, 0) is 0 Å². The van der Waals surface area contributed by atoms with Gasteiger partial charge in [0.05, 0.1) is 0 Å². The van der Waals surface area contributed by atoms with E-state index in [1.165, 1.54) is 0 Å². The van der Waals surface area contributed by atoms with Crippen LogP contribution in [0.4, 0.5) is 0 Å². The second kappa shape index (κ2) is 4.90. The number of nitrogens with one attached hydrogen (secondary N) is 1. The van der Waals surface area contributed by atoms with Gasteiger partial charge < -0.3 is 0 Å². The fourth-order valence-corrected chi connectivity index (χ4v) is 0.451. The van der Waals surface area contributed by atoms with Crippen molar-refractivity contribution < 1.29 is 29.6 Å². The quantitative estimate of drug-likeness (QED) is 0.343. The average molecular weight is 162 g/mol. The van der Waals surface area contributed by atoms with E-state index in [1.54, 1.807) is 0 Å². The van der Waals surface area contributed by atoms with Crippen LogP contribution in [0.2, 0.25) is 5.28 Å². The molecular weight excluding hydrogens is 161 g/mol. The van der Waals surface area contributed by atoms with Crippen LogP contribution in [-0.2, 0) is 0 Å². The molecule has 1 rings (SSSR count). The molecule has 0 aromatic carbocycles. The first-order valence-electron chi connectivity index (χ1n) is 2.11. The predicted molar refractivity (Wildman–Crippen MR) is 31.8 cm³/mol. The van der Waals surface area contributed by atoms with Crippen molar-refractivity contribution in [2.45, 2.75) is 0 Å². The molecule has 0 fully saturated rings. The Balaban J connectivity index is 0.000000810. The van der Waals surface area contributed by atoms with Crippen molar-refractivity contribution in [1.82, 2.24) is 15.0 Å². The summed E-state index contributed by atoms with van der Waals surface area (Å²) in [5.74, 6) is 0. The minimum absolute atomic E-state index is 0. The van der Waals surface area contributed by atoms with Gasteiger partial charge in [0, 0.05) is 0 Å². The van der Waals surface area contributed by atoms with Crippen LogP contribution in [-0.4, -0.2) is 22.0 Å². The van der Waals surface area contributed by atoms with Crippen LogP contribution in [0.15, 0.2) is 0 Å². The summed E-state index contributed by atoms with van der Waals surface area (Å²) in [6.07, 6.45) is 2.23. The molecule has 44 valence electrons. The van der Waals surface area contributed by atoms with Gasteiger partial charge in [0.2, 0.25) is 0 Å². The van der Waals surface area contributed by atoms with Crippen LogP contribution in [0, 0.1) is 11.6 Å². The van der Waals surface area contributed by atoms with Gasteiger partial charge in [-0.15, -0.1) is 0 Å². The van der Waals surface area contributed by atoms with Gasteiger partial charge in [-0.3, -0.25) is 0 Å². The Morgan fingerprint density at radius 1 is 1.50 bits per heavy atom. The maximum absolute atomic E-state index is 6.68. The molecule has 0 amide bonds. The SMILES string of the molecule is N=Bc1n[c-]nc(Cl)n1.[Na+]. The molecule has 1 aromatic heterocycles. The molecule has 0 aliphatic rings. The smallest absolute Gasteiger partial charge is 1.00 e. The number of rotatable bonds is 1. The summed E-state index contributed by atoms with van der Waals surface area (Å²) in [5, 5.41) is 6.74. The second-order valence-electron chi connectivity index (χ2n) is 1.21. The van der Waals surface area contributed by atoms with Crippen LogP contribution >= 0.6 is 11.6 Å². The molecule has 1 aromatic rings. The van der Waals surface area contributed by atoms with Crippen LogP contribution in [0.25, 0.3) is 0 Å². The third-order valence-electron chi connectivity index (χ3n) is 0.643. The number of hydrogen-bond acceptors (Lipinski definition) is 4. The van der Waals surface area contributed by atoms with Gasteiger partial charge in [-0.1, -0.05) is 0 Å². The maximum atomic E-state index is 6.68. The van der Waals surface area contributed by atoms with Crippen LogP contribution in [0.5, 0.6) is 0 Å². The van der Waals surface area contributed by atoms with E-state index in [2.05, 4.69) is 21.3 Å². The summed E-state index contributed by atoms with van der Waals surface area (Å²) < 4.78 is 0. The van der Waals surface area contributed by atoms with E-state index in [0.29, 0.717) is 0 Å². The molecule has 7 heteroatoms. The average Bonchev–Trinajstić information content (AvgIpc) is 1.88. The molecule has 0 atom stereocenters. The Morgan fingerprint density at radius 2 is 2.20 bits per heavy atom. The van der Waals surface area contributed by atoms with Gasteiger partial charge in [0.25, 0.3) is 0 Å². The summed E-state index contributed by atoms with van der Waals surface area (Å²) in [5.41, 5.74) is 0.218. The van der Waals surface area contributed by atoms with Crippen molar-refractivity contribution in [2.75, 3.05) is 0 Å². The Labute approximate surface area is 85.5 Å². The van der Waals surface area contributed by atoms with Gasteiger partial charge >= 0.3 is 85.8 Å². The van der Waals surface area contributed by atoms with Crippen molar-refractivity contribution in [2.24, 2.45) is 0 Å². The molecule has 0 bridgehead atoms. The molecule has 0 aliphatic carbocycles. The standard InChI is InChI=1S/C3HBClN4.Na/c5-3-8-1-7-2(4-6)9-3;/h6H;/q-1;+1. The topological polar surface area (TPSA) is 62.5 Å². The molecule has 0 saturated heterocycles. The molecular formula is C3HBClN4Na. The number of hydrogen-bond donors (Lipinski definition) is 1. The molecule has 0 radical (unpaired) electrons. The molecule has 1 heterocycles. The predicted octanol–water partition coefficient (Wildman–Crippen LogP) is -3.58. The fraction of sp³-hybridized carbons (Fsp3) is 0. The minimum atomic E-state index is 0. The van der Waals surface area contributed by atoms with Crippen molar-refractivity contribution in [3.8, 4) is 0 Å². The first kappa shape index (κ1) is 10.2. The Bertz CT molecular complexity index is 231. The van der Waals surface area contributed by atoms with E-state index < -0.39 is 0 Å². The zero-order chi connectivity index (χ0) is 6.69. The van der Waals surface area contributed by atoms with E-state index in [4.69, 9.17) is 16.9 Å². The maximum Gasteiger partial charge on any atom is 1.00 e.